The van der Waals surface area contributed by atoms with E-state index in [1.165, 1.54) is 0 Å². The second-order valence-corrected chi connectivity index (χ2v) is 6.32. The number of nitrogens with zero attached hydrogens (tertiary/aromatic N) is 1. The van der Waals surface area contributed by atoms with Crippen LogP contribution in [0.25, 0.3) is 10.8 Å². The van der Waals surface area contributed by atoms with E-state index in [1.54, 1.807) is 6.92 Å². The topological polar surface area (TPSA) is 50.1 Å². The van der Waals surface area contributed by atoms with Gasteiger partial charge in [-0.05, 0) is 35.7 Å². The predicted octanol–water partition coefficient (Wildman–Crippen LogP) is 4.98. The Balaban J connectivity index is 2.21. The van der Waals surface area contributed by atoms with Crippen LogP contribution < -0.4 is 0 Å². The molecule has 0 N–H and O–H groups in total. The second kappa shape index (κ2) is 7.84. The van der Waals surface area contributed by atoms with E-state index in [1.807, 2.05) is 73.7 Å². The highest BCUT2D eigenvalue weighted by Gasteiger charge is 2.33. The minimum absolute atomic E-state index is 0.257. The molecule has 0 radical (unpaired) electrons. The second-order valence-electron chi connectivity index (χ2n) is 6.32. The molecule has 0 saturated heterocycles. The summed E-state index contributed by atoms with van der Waals surface area (Å²) in [5, 5.41) is 11.9. The number of carbonyl (C=O) groups excluding carboxylic acids is 1. The molecule has 3 nitrogen and oxygen atoms in total. The standard InChI is InChI=1S/C23H21NO2/c1-3-26-23(25)21(15-24)22(18-13-11-16(2)12-14-18)20-10-6-8-17-7-4-5-9-19(17)20/h4-14,21-22H,3H2,1-2H3. The van der Waals surface area contributed by atoms with E-state index in [-0.39, 0.29) is 12.5 Å². The van der Waals surface area contributed by atoms with Crippen molar-refractivity contribution in [1.29, 1.82) is 5.26 Å². The lowest BCUT2D eigenvalue weighted by Gasteiger charge is -2.23. The summed E-state index contributed by atoms with van der Waals surface area (Å²) in [6, 6.07) is 24.2. The Labute approximate surface area is 153 Å². The first-order valence-corrected chi connectivity index (χ1v) is 8.76. The summed E-state index contributed by atoms with van der Waals surface area (Å²) in [6.07, 6.45) is 0. The molecule has 0 aliphatic carbocycles. The van der Waals surface area contributed by atoms with Gasteiger partial charge in [0.2, 0.25) is 0 Å². The van der Waals surface area contributed by atoms with Crippen LogP contribution in [0.1, 0.15) is 29.5 Å². The fourth-order valence-corrected chi connectivity index (χ4v) is 3.34. The summed E-state index contributed by atoms with van der Waals surface area (Å²) < 4.78 is 5.19. The quantitative estimate of drug-likeness (QED) is 0.614. The maximum atomic E-state index is 12.5. The van der Waals surface area contributed by atoms with Gasteiger partial charge in [0, 0.05) is 5.92 Å². The molecule has 3 rings (SSSR count). The summed E-state index contributed by atoms with van der Waals surface area (Å²) in [5.41, 5.74) is 3.04. The number of fused-ring (bicyclic) bond motifs is 1. The molecule has 3 aromatic rings. The molecule has 0 heterocycles. The van der Waals surface area contributed by atoms with Crippen molar-refractivity contribution in [3.8, 4) is 6.07 Å². The monoisotopic (exact) mass is 343 g/mol. The zero-order valence-electron chi connectivity index (χ0n) is 15.0. The van der Waals surface area contributed by atoms with E-state index in [9.17, 15) is 10.1 Å². The van der Waals surface area contributed by atoms with Crippen molar-refractivity contribution in [2.45, 2.75) is 19.8 Å². The Morgan fingerprint density at radius 2 is 1.73 bits per heavy atom. The lowest BCUT2D eigenvalue weighted by molar-refractivity contribution is -0.146. The zero-order chi connectivity index (χ0) is 18.5. The van der Waals surface area contributed by atoms with Gasteiger partial charge in [-0.3, -0.25) is 4.79 Å². The van der Waals surface area contributed by atoms with Crippen molar-refractivity contribution in [3.63, 3.8) is 0 Å². The maximum absolute atomic E-state index is 12.5. The van der Waals surface area contributed by atoms with E-state index in [2.05, 4.69) is 6.07 Å². The van der Waals surface area contributed by atoms with Crippen molar-refractivity contribution in [1.82, 2.24) is 0 Å². The molecule has 0 aliphatic heterocycles. The largest absolute Gasteiger partial charge is 0.465 e. The lowest BCUT2D eigenvalue weighted by atomic mass is 9.79. The van der Waals surface area contributed by atoms with Gasteiger partial charge in [0.25, 0.3) is 0 Å². The molecule has 0 fully saturated rings. The van der Waals surface area contributed by atoms with Gasteiger partial charge in [-0.1, -0.05) is 72.3 Å². The highest BCUT2D eigenvalue weighted by molar-refractivity contribution is 5.88. The molecule has 3 aromatic carbocycles. The summed E-state index contributed by atoms with van der Waals surface area (Å²) in [4.78, 5) is 12.5. The average Bonchev–Trinajstić information content (AvgIpc) is 2.67. The molecule has 3 heteroatoms. The Kier molecular flexibility index (Phi) is 5.34. The van der Waals surface area contributed by atoms with Crippen LogP contribution in [0.5, 0.6) is 0 Å². The first-order chi connectivity index (χ1) is 12.7. The summed E-state index contributed by atoms with van der Waals surface area (Å²) >= 11 is 0. The highest BCUT2D eigenvalue weighted by Crippen LogP contribution is 2.37. The predicted molar refractivity (Wildman–Crippen MR) is 103 cm³/mol. The number of ether oxygens (including phenoxy) is 1. The van der Waals surface area contributed by atoms with Gasteiger partial charge >= 0.3 is 5.97 Å². The first-order valence-electron chi connectivity index (χ1n) is 8.76. The molecule has 0 spiro atoms. The third kappa shape index (κ3) is 3.45. The highest BCUT2D eigenvalue weighted by atomic mass is 16.5. The third-order valence-electron chi connectivity index (χ3n) is 4.61. The van der Waals surface area contributed by atoms with E-state index < -0.39 is 11.9 Å². The molecular formula is C23H21NO2. The fourth-order valence-electron chi connectivity index (χ4n) is 3.34. The molecule has 2 unspecified atom stereocenters. The van der Waals surface area contributed by atoms with Crippen LogP contribution in [-0.4, -0.2) is 12.6 Å². The summed E-state index contributed by atoms with van der Waals surface area (Å²) in [6.45, 7) is 4.03. The average molecular weight is 343 g/mol. The van der Waals surface area contributed by atoms with Crippen molar-refractivity contribution < 1.29 is 9.53 Å². The van der Waals surface area contributed by atoms with Crippen molar-refractivity contribution >= 4 is 16.7 Å². The van der Waals surface area contributed by atoms with Crippen LogP contribution in [-0.2, 0) is 9.53 Å². The van der Waals surface area contributed by atoms with E-state index in [4.69, 9.17) is 4.74 Å². The Bertz CT molecular complexity index is 949. The summed E-state index contributed by atoms with van der Waals surface area (Å²) in [5.74, 6) is -1.76. The van der Waals surface area contributed by atoms with Crippen LogP contribution in [0.3, 0.4) is 0 Å². The van der Waals surface area contributed by atoms with E-state index >= 15 is 0 Å². The minimum Gasteiger partial charge on any atom is -0.465 e. The molecule has 0 saturated carbocycles. The van der Waals surface area contributed by atoms with Crippen molar-refractivity contribution in [2.24, 2.45) is 5.92 Å². The molecule has 130 valence electrons. The number of benzene rings is 3. The number of hydrogen-bond acceptors (Lipinski definition) is 3. The number of rotatable bonds is 5. The first kappa shape index (κ1) is 17.7. The molecule has 0 amide bonds. The normalized spacial score (nSPS) is 13.0. The number of carbonyl (C=O) groups is 1. The van der Waals surface area contributed by atoms with Crippen LogP contribution in [0.4, 0.5) is 0 Å². The van der Waals surface area contributed by atoms with Crippen LogP contribution >= 0.6 is 0 Å². The fraction of sp³-hybridized carbons (Fsp3) is 0.217. The molecule has 2 atom stereocenters. The lowest BCUT2D eigenvalue weighted by Crippen LogP contribution is -2.24. The van der Waals surface area contributed by atoms with Crippen molar-refractivity contribution in [2.75, 3.05) is 6.61 Å². The SMILES string of the molecule is CCOC(=O)C(C#N)C(c1ccc(C)cc1)c1cccc2ccccc12. The molecule has 0 aromatic heterocycles. The van der Waals surface area contributed by atoms with Gasteiger partial charge in [0.15, 0.2) is 5.92 Å². The van der Waals surface area contributed by atoms with Gasteiger partial charge in [0.05, 0.1) is 12.7 Å². The third-order valence-corrected chi connectivity index (χ3v) is 4.61. The van der Waals surface area contributed by atoms with Gasteiger partial charge in [-0.2, -0.15) is 5.26 Å². The minimum atomic E-state index is -0.900. The maximum Gasteiger partial charge on any atom is 0.324 e. The number of hydrogen-bond donors (Lipinski definition) is 0. The Morgan fingerprint density at radius 1 is 1.04 bits per heavy atom. The van der Waals surface area contributed by atoms with Crippen LogP contribution in [0, 0.1) is 24.2 Å². The molecule has 0 bridgehead atoms. The van der Waals surface area contributed by atoms with Gasteiger partial charge in [0.1, 0.15) is 0 Å². The van der Waals surface area contributed by atoms with E-state index in [0.717, 1.165) is 27.5 Å². The number of aryl methyl sites for hydroxylation is 1. The van der Waals surface area contributed by atoms with Crippen molar-refractivity contribution in [3.05, 3.63) is 83.4 Å². The van der Waals surface area contributed by atoms with Gasteiger partial charge in [-0.15, -0.1) is 0 Å². The zero-order valence-corrected chi connectivity index (χ0v) is 15.0. The summed E-state index contributed by atoms with van der Waals surface area (Å²) in [7, 11) is 0. The van der Waals surface area contributed by atoms with Gasteiger partial charge < -0.3 is 4.74 Å². The molecule has 0 aliphatic rings. The number of esters is 1. The van der Waals surface area contributed by atoms with Gasteiger partial charge in [-0.25, -0.2) is 0 Å². The smallest absolute Gasteiger partial charge is 0.324 e. The Hall–Kier alpha value is -3.12. The molecular weight excluding hydrogens is 322 g/mol. The Morgan fingerprint density at radius 3 is 2.42 bits per heavy atom. The number of nitriles is 1. The van der Waals surface area contributed by atoms with E-state index in [0.29, 0.717) is 0 Å². The molecule has 26 heavy (non-hydrogen) atoms. The van der Waals surface area contributed by atoms with Crippen LogP contribution in [0.2, 0.25) is 0 Å². The van der Waals surface area contributed by atoms with Crippen LogP contribution in [0.15, 0.2) is 66.7 Å².